The van der Waals surface area contributed by atoms with Crippen LogP contribution < -0.4 is 10.7 Å². The summed E-state index contributed by atoms with van der Waals surface area (Å²) in [5.74, 6) is -0.330. The quantitative estimate of drug-likeness (QED) is 0.809. The van der Waals surface area contributed by atoms with Crippen LogP contribution in [0.5, 0.6) is 0 Å². The van der Waals surface area contributed by atoms with Crippen LogP contribution in [0.1, 0.15) is 24.2 Å². The molecule has 0 aliphatic heterocycles. The van der Waals surface area contributed by atoms with Gasteiger partial charge in [-0.05, 0) is 19.5 Å². The molecule has 1 aromatic rings. The lowest BCUT2D eigenvalue weighted by Crippen LogP contribution is -2.41. The molecule has 5 nitrogen and oxygen atoms in total. The number of nitrogens with zero attached hydrogens (tertiary/aromatic N) is 1. The van der Waals surface area contributed by atoms with Crippen LogP contribution in [-0.2, 0) is 0 Å². The van der Waals surface area contributed by atoms with Gasteiger partial charge in [0.05, 0.1) is 0 Å². The van der Waals surface area contributed by atoms with E-state index < -0.39 is 0 Å². The predicted molar refractivity (Wildman–Crippen MR) is 71.7 cm³/mol. The van der Waals surface area contributed by atoms with E-state index in [1.807, 2.05) is 14.1 Å². The number of aromatic nitrogens is 1. The number of carbonyl (C=O) groups is 1. The number of aromatic amines is 1. The predicted octanol–water partition coefficient (Wildman–Crippen LogP) is 0.692. The van der Waals surface area contributed by atoms with Gasteiger partial charge in [-0.2, -0.15) is 0 Å². The fourth-order valence-corrected chi connectivity index (χ4v) is 1.92. The fourth-order valence-electron chi connectivity index (χ4n) is 1.92. The summed E-state index contributed by atoms with van der Waals surface area (Å²) in [6, 6.07) is 1.35. The number of amides is 1. The lowest BCUT2D eigenvalue weighted by atomic mass is 9.93. The lowest BCUT2D eigenvalue weighted by Gasteiger charge is -2.28. The van der Waals surface area contributed by atoms with Gasteiger partial charge in [-0.25, -0.2) is 0 Å². The average molecular weight is 251 g/mol. The minimum atomic E-state index is -0.330. The standard InChI is InChI=1S/C13H21N3O2/c1-13(2,9-16(3)4)8-15-12(18)10-7-14-6-5-11(10)17/h5-7H,8-9H2,1-4H3,(H,14,17)(H,15,18). The maximum Gasteiger partial charge on any atom is 0.256 e. The molecular formula is C13H21N3O2. The Morgan fingerprint density at radius 3 is 2.67 bits per heavy atom. The molecule has 0 aliphatic rings. The molecule has 0 radical (unpaired) electrons. The number of nitrogens with one attached hydrogen (secondary N) is 2. The van der Waals surface area contributed by atoms with Gasteiger partial charge in [-0.3, -0.25) is 9.59 Å². The molecule has 0 atom stereocenters. The van der Waals surface area contributed by atoms with Gasteiger partial charge in [0, 0.05) is 31.5 Å². The summed E-state index contributed by atoms with van der Waals surface area (Å²) >= 11 is 0. The van der Waals surface area contributed by atoms with Crippen molar-refractivity contribution in [1.82, 2.24) is 15.2 Å². The van der Waals surface area contributed by atoms with Gasteiger partial charge in [0.25, 0.3) is 5.91 Å². The first-order valence-electron chi connectivity index (χ1n) is 5.92. The van der Waals surface area contributed by atoms with Crippen molar-refractivity contribution in [3.63, 3.8) is 0 Å². The van der Waals surface area contributed by atoms with Gasteiger partial charge < -0.3 is 15.2 Å². The van der Waals surface area contributed by atoms with E-state index in [9.17, 15) is 9.59 Å². The zero-order chi connectivity index (χ0) is 13.8. The van der Waals surface area contributed by atoms with E-state index in [1.54, 1.807) is 0 Å². The van der Waals surface area contributed by atoms with Gasteiger partial charge in [-0.1, -0.05) is 13.8 Å². The zero-order valence-electron chi connectivity index (χ0n) is 11.4. The van der Waals surface area contributed by atoms with Crippen LogP contribution in [-0.4, -0.2) is 43.0 Å². The Balaban J connectivity index is 2.62. The van der Waals surface area contributed by atoms with Crippen molar-refractivity contribution < 1.29 is 4.79 Å². The number of H-pyrrole nitrogens is 1. The molecule has 1 heterocycles. The van der Waals surface area contributed by atoms with Crippen molar-refractivity contribution >= 4 is 5.91 Å². The van der Waals surface area contributed by atoms with Crippen LogP contribution in [0.4, 0.5) is 0 Å². The minimum absolute atomic E-state index is 0.0410. The summed E-state index contributed by atoms with van der Waals surface area (Å²) in [5, 5.41) is 2.80. The molecule has 100 valence electrons. The highest BCUT2D eigenvalue weighted by Gasteiger charge is 2.20. The second-order valence-corrected chi connectivity index (χ2v) is 5.51. The highest BCUT2D eigenvalue weighted by Crippen LogP contribution is 2.14. The van der Waals surface area contributed by atoms with E-state index >= 15 is 0 Å². The Hall–Kier alpha value is -1.62. The number of pyridine rings is 1. The summed E-state index contributed by atoms with van der Waals surface area (Å²) < 4.78 is 0. The molecule has 1 rings (SSSR count). The van der Waals surface area contributed by atoms with Crippen molar-refractivity contribution in [3.8, 4) is 0 Å². The van der Waals surface area contributed by atoms with Gasteiger partial charge in [-0.15, -0.1) is 0 Å². The van der Waals surface area contributed by atoms with Crippen molar-refractivity contribution in [2.75, 3.05) is 27.2 Å². The highest BCUT2D eigenvalue weighted by molar-refractivity contribution is 5.93. The summed E-state index contributed by atoms with van der Waals surface area (Å²) in [6.07, 6.45) is 2.94. The Kier molecular flexibility index (Phi) is 4.67. The summed E-state index contributed by atoms with van der Waals surface area (Å²) in [7, 11) is 3.98. The third-order valence-corrected chi connectivity index (χ3v) is 2.54. The van der Waals surface area contributed by atoms with Gasteiger partial charge >= 0.3 is 0 Å². The highest BCUT2D eigenvalue weighted by atomic mass is 16.2. The average Bonchev–Trinajstić information content (AvgIpc) is 2.25. The first kappa shape index (κ1) is 14.4. The van der Waals surface area contributed by atoms with Crippen LogP contribution in [0.3, 0.4) is 0 Å². The van der Waals surface area contributed by atoms with Crippen LogP contribution in [0, 0.1) is 5.41 Å². The molecule has 0 aliphatic carbocycles. The smallest absolute Gasteiger partial charge is 0.256 e. The molecule has 0 aromatic carbocycles. The molecule has 0 unspecified atom stereocenters. The van der Waals surface area contributed by atoms with Crippen molar-refractivity contribution in [2.24, 2.45) is 5.41 Å². The number of rotatable bonds is 5. The van der Waals surface area contributed by atoms with E-state index in [2.05, 4.69) is 29.0 Å². The number of carbonyl (C=O) groups excluding carboxylic acids is 1. The third kappa shape index (κ3) is 4.33. The zero-order valence-corrected chi connectivity index (χ0v) is 11.4. The minimum Gasteiger partial charge on any atom is -0.367 e. The molecule has 0 spiro atoms. The normalized spacial score (nSPS) is 11.6. The summed E-state index contributed by atoms with van der Waals surface area (Å²) in [5.41, 5.74) is -0.157. The van der Waals surface area contributed by atoms with E-state index in [0.29, 0.717) is 6.54 Å². The Morgan fingerprint density at radius 2 is 2.11 bits per heavy atom. The van der Waals surface area contributed by atoms with Crippen LogP contribution in [0.2, 0.25) is 0 Å². The topological polar surface area (TPSA) is 65.2 Å². The van der Waals surface area contributed by atoms with Crippen molar-refractivity contribution in [3.05, 3.63) is 34.2 Å². The second-order valence-electron chi connectivity index (χ2n) is 5.51. The van der Waals surface area contributed by atoms with E-state index in [0.717, 1.165) is 6.54 Å². The maximum absolute atomic E-state index is 11.9. The Bertz CT molecular complexity index is 463. The molecule has 18 heavy (non-hydrogen) atoms. The molecule has 0 saturated heterocycles. The van der Waals surface area contributed by atoms with Crippen LogP contribution in [0.25, 0.3) is 0 Å². The molecule has 1 aromatic heterocycles. The van der Waals surface area contributed by atoms with E-state index in [4.69, 9.17) is 0 Å². The number of hydrogen-bond donors (Lipinski definition) is 2. The lowest BCUT2D eigenvalue weighted by molar-refractivity contribution is 0.0928. The van der Waals surface area contributed by atoms with Crippen molar-refractivity contribution in [2.45, 2.75) is 13.8 Å². The van der Waals surface area contributed by atoms with Crippen LogP contribution in [0.15, 0.2) is 23.3 Å². The third-order valence-electron chi connectivity index (χ3n) is 2.54. The number of hydrogen-bond acceptors (Lipinski definition) is 3. The molecule has 0 saturated carbocycles. The van der Waals surface area contributed by atoms with E-state index in [-0.39, 0.29) is 22.3 Å². The van der Waals surface area contributed by atoms with Gasteiger partial charge in [0.15, 0.2) is 5.43 Å². The molecule has 0 bridgehead atoms. The largest absolute Gasteiger partial charge is 0.367 e. The second kappa shape index (κ2) is 5.82. The fraction of sp³-hybridized carbons (Fsp3) is 0.538. The summed E-state index contributed by atoms with van der Waals surface area (Å²) in [4.78, 5) is 28.1. The molecule has 1 amide bonds. The summed E-state index contributed by atoms with van der Waals surface area (Å²) in [6.45, 7) is 5.53. The van der Waals surface area contributed by atoms with Gasteiger partial charge in [0.2, 0.25) is 0 Å². The monoisotopic (exact) mass is 251 g/mol. The van der Waals surface area contributed by atoms with E-state index in [1.165, 1.54) is 18.5 Å². The Labute approximate surface area is 107 Å². The Morgan fingerprint density at radius 1 is 1.44 bits per heavy atom. The molecule has 2 N–H and O–H groups in total. The van der Waals surface area contributed by atoms with Crippen LogP contribution >= 0.6 is 0 Å². The van der Waals surface area contributed by atoms with Crippen molar-refractivity contribution in [1.29, 1.82) is 0 Å². The first-order valence-corrected chi connectivity index (χ1v) is 5.92. The SMILES string of the molecule is CN(C)CC(C)(C)CNC(=O)c1c[nH]ccc1=O. The molecule has 5 heteroatoms. The van der Waals surface area contributed by atoms with Gasteiger partial charge in [0.1, 0.15) is 5.56 Å². The first-order chi connectivity index (χ1) is 8.32. The maximum atomic E-state index is 11.9. The molecule has 0 fully saturated rings. The molecular weight excluding hydrogens is 230 g/mol.